The zero-order valence-electron chi connectivity index (χ0n) is 18.1. The standard InChI is InChI=1S/C25H30N4O2/c1-25(10-11-25)24(31)28-13-8-19(9-14-28)18-4-6-21(7-5-18)27-23(30)20-16-29(17-20)22-3-2-12-26-15-22/h2-7,12,15,19-20H,8-11,13-14,16-17H2,1H3,(H,27,30). The lowest BCUT2D eigenvalue weighted by molar-refractivity contribution is -0.137. The third kappa shape index (κ3) is 4.16. The summed E-state index contributed by atoms with van der Waals surface area (Å²) in [5.41, 5.74) is 3.15. The minimum absolute atomic E-state index is 0.00933. The first kappa shape index (κ1) is 20.0. The molecule has 162 valence electrons. The van der Waals surface area contributed by atoms with E-state index in [-0.39, 0.29) is 17.2 Å². The van der Waals surface area contributed by atoms with Crippen LogP contribution in [0.25, 0.3) is 0 Å². The van der Waals surface area contributed by atoms with Gasteiger partial charge in [0.2, 0.25) is 11.8 Å². The van der Waals surface area contributed by atoms with Crippen molar-refractivity contribution in [2.45, 2.75) is 38.5 Å². The SMILES string of the molecule is CC1(C(=O)N2CCC(c3ccc(NC(=O)C4CN(c5cccnc5)C4)cc3)CC2)CC1. The third-order valence-corrected chi connectivity index (χ3v) is 7.21. The van der Waals surface area contributed by atoms with Crippen molar-refractivity contribution in [2.75, 3.05) is 36.4 Å². The monoisotopic (exact) mass is 418 g/mol. The minimum Gasteiger partial charge on any atom is -0.369 e. The predicted octanol–water partition coefficient (Wildman–Crippen LogP) is 3.66. The van der Waals surface area contributed by atoms with Crippen LogP contribution < -0.4 is 10.2 Å². The van der Waals surface area contributed by atoms with Crippen LogP contribution in [0.15, 0.2) is 48.8 Å². The van der Waals surface area contributed by atoms with Crippen molar-refractivity contribution < 1.29 is 9.59 Å². The largest absolute Gasteiger partial charge is 0.369 e. The van der Waals surface area contributed by atoms with Crippen molar-refractivity contribution >= 4 is 23.2 Å². The Labute approximate surface area is 183 Å². The first-order chi connectivity index (χ1) is 15.0. The molecule has 3 fully saturated rings. The average Bonchev–Trinajstić information content (AvgIpc) is 3.52. The smallest absolute Gasteiger partial charge is 0.231 e. The molecule has 0 atom stereocenters. The molecule has 1 aromatic heterocycles. The summed E-state index contributed by atoms with van der Waals surface area (Å²) in [4.78, 5) is 33.5. The zero-order valence-corrected chi connectivity index (χ0v) is 18.1. The number of likely N-dealkylation sites (tertiary alicyclic amines) is 1. The van der Waals surface area contributed by atoms with E-state index >= 15 is 0 Å². The molecule has 3 heterocycles. The second kappa shape index (κ2) is 7.98. The van der Waals surface area contributed by atoms with Crippen LogP contribution in [0.2, 0.25) is 0 Å². The lowest BCUT2D eigenvalue weighted by atomic mass is 9.88. The Hall–Kier alpha value is -2.89. The second-order valence-corrected chi connectivity index (χ2v) is 9.55. The van der Waals surface area contributed by atoms with Crippen molar-refractivity contribution in [3.8, 4) is 0 Å². The summed E-state index contributed by atoms with van der Waals surface area (Å²) in [6, 6.07) is 12.2. The van der Waals surface area contributed by atoms with Crippen molar-refractivity contribution in [1.82, 2.24) is 9.88 Å². The Morgan fingerprint density at radius 1 is 1.06 bits per heavy atom. The zero-order chi connectivity index (χ0) is 21.4. The molecule has 3 aliphatic rings. The summed E-state index contributed by atoms with van der Waals surface area (Å²) < 4.78 is 0. The molecule has 5 rings (SSSR count). The van der Waals surface area contributed by atoms with E-state index in [1.165, 1.54) is 5.56 Å². The number of piperidine rings is 1. The van der Waals surface area contributed by atoms with E-state index in [1.54, 1.807) is 6.20 Å². The molecular formula is C25H30N4O2. The number of hydrogen-bond donors (Lipinski definition) is 1. The highest BCUT2D eigenvalue weighted by atomic mass is 16.2. The molecule has 6 heteroatoms. The Bertz CT molecular complexity index is 941. The molecule has 1 N–H and O–H groups in total. The van der Waals surface area contributed by atoms with Gasteiger partial charge in [0.1, 0.15) is 0 Å². The highest BCUT2D eigenvalue weighted by Crippen LogP contribution is 2.47. The van der Waals surface area contributed by atoms with Crippen LogP contribution in [0.5, 0.6) is 0 Å². The van der Waals surface area contributed by atoms with Gasteiger partial charge < -0.3 is 15.1 Å². The molecule has 2 aliphatic heterocycles. The number of nitrogens with one attached hydrogen (secondary N) is 1. The van der Waals surface area contributed by atoms with Crippen molar-refractivity contribution in [1.29, 1.82) is 0 Å². The van der Waals surface area contributed by atoms with E-state index in [0.29, 0.717) is 11.8 Å². The van der Waals surface area contributed by atoms with Gasteiger partial charge in [0, 0.05) is 43.5 Å². The van der Waals surface area contributed by atoms with Gasteiger partial charge in [-0.3, -0.25) is 14.6 Å². The Kier molecular flexibility index (Phi) is 5.16. The number of amides is 2. The number of anilines is 2. The van der Waals surface area contributed by atoms with Gasteiger partial charge in [-0.25, -0.2) is 0 Å². The third-order valence-electron chi connectivity index (χ3n) is 7.21. The second-order valence-electron chi connectivity index (χ2n) is 9.55. The van der Waals surface area contributed by atoms with E-state index in [1.807, 2.05) is 30.5 Å². The van der Waals surface area contributed by atoms with E-state index in [2.05, 4.69) is 39.2 Å². The normalized spacial score (nSPS) is 20.8. The summed E-state index contributed by atoms with van der Waals surface area (Å²) in [7, 11) is 0. The van der Waals surface area contributed by atoms with Gasteiger partial charge in [0.05, 0.1) is 17.8 Å². The number of nitrogens with zero attached hydrogens (tertiary/aromatic N) is 3. The molecular weight excluding hydrogens is 388 g/mol. The molecule has 0 unspecified atom stereocenters. The molecule has 1 aliphatic carbocycles. The highest BCUT2D eigenvalue weighted by Gasteiger charge is 2.47. The first-order valence-corrected chi connectivity index (χ1v) is 11.4. The maximum Gasteiger partial charge on any atom is 0.231 e. The lowest BCUT2D eigenvalue weighted by Crippen LogP contribution is -2.52. The van der Waals surface area contributed by atoms with E-state index in [0.717, 1.165) is 63.2 Å². The van der Waals surface area contributed by atoms with Crippen LogP contribution in [0.1, 0.15) is 44.1 Å². The first-order valence-electron chi connectivity index (χ1n) is 11.4. The fourth-order valence-corrected chi connectivity index (χ4v) is 4.68. The summed E-state index contributed by atoms with van der Waals surface area (Å²) in [6.45, 7) is 5.26. The van der Waals surface area contributed by atoms with Gasteiger partial charge in [-0.05, 0) is 61.4 Å². The van der Waals surface area contributed by atoms with E-state index < -0.39 is 0 Å². The summed E-state index contributed by atoms with van der Waals surface area (Å²) in [6.07, 6.45) is 7.70. The van der Waals surface area contributed by atoms with Crippen LogP contribution >= 0.6 is 0 Å². The van der Waals surface area contributed by atoms with Crippen LogP contribution in [0.4, 0.5) is 11.4 Å². The number of hydrogen-bond acceptors (Lipinski definition) is 4. The quantitative estimate of drug-likeness (QED) is 0.805. The molecule has 1 saturated carbocycles. The van der Waals surface area contributed by atoms with Crippen LogP contribution in [-0.4, -0.2) is 47.9 Å². The molecule has 6 nitrogen and oxygen atoms in total. The van der Waals surface area contributed by atoms with Crippen LogP contribution in [-0.2, 0) is 9.59 Å². The van der Waals surface area contributed by atoms with E-state index in [9.17, 15) is 9.59 Å². The Morgan fingerprint density at radius 2 is 1.77 bits per heavy atom. The van der Waals surface area contributed by atoms with Crippen molar-refractivity contribution in [2.24, 2.45) is 11.3 Å². The van der Waals surface area contributed by atoms with Gasteiger partial charge in [0.25, 0.3) is 0 Å². The highest BCUT2D eigenvalue weighted by molar-refractivity contribution is 5.94. The van der Waals surface area contributed by atoms with Gasteiger partial charge in [-0.2, -0.15) is 0 Å². The molecule has 0 spiro atoms. The number of rotatable bonds is 5. The van der Waals surface area contributed by atoms with Gasteiger partial charge in [-0.1, -0.05) is 19.1 Å². The minimum atomic E-state index is -0.0673. The fraction of sp³-hybridized carbons (Fsp3) is 0.480. The Morgan fingerprint density at radius 3 is 2.39 bits per heavy atom. The average molecular weight is 419 g/mol. The molecule has 1 aromatic carbocycles. The topological polar surface area (TPSA) is 65.5 Å². The number of benzene rings is 1. The molecule has 0 radical (unpaired) electrons. The number of aromatic nitrogens is 1. The van der Waals surface area contributed by atoms with Gasteiger partial charge in [0.15, 0.2) is 0 Å². The molecule has 0 bridgehead atoms. The molecule has 2 amide bonds. The number of pyridine rings is 1. The van der Waals surface area contributed by atoms with Crippen molar-refractivity contribution in [3.63, 3.8) is 0 Å². The number of carbonyl (C=O) groups excluding carboxylic acids is 2. The Balaban J connectivity index is 1.10. The van der Waals surface area contributed by atoms with Gasteiger partial charge >= 0.3 is 0 Å². The lowest BCUT2D eigenvalue weighted by Gasteiger charge is -2.39. The summed E-state index contributed by atoms with van der Waals surface area (Å²) in [5.74, 6) is 0.922. The van der Waals surface area contributed by atoms with Crippen LogP contribution in [0.3, 0.4) is 0 Å². The maximum absolute atomic E-state index is 12.6. The maximum atomic E-state index is 12.6. The van der Waals surface area contributed by atoms with Gasteiger partial charge in [-0.15, -0.1) is 0 Å². The molecule has 31 heavy (non-hydrogen) atoms. The van der Waals surface area contributed by atoms with E-state index in [4.69, 9.17) is 0 Å². The predicted molar refractivity (Wildman–Crippen MR) is 121 cm³/mol. The molecule has 2 aromatic rings. The summed E-state index contributed by atoms with van der Waals surface area (Å²) >= 11 is 0. The van der Waals surface area contributed by atoms with Crippen LogP contribution in [0, 0.1) is 11.3 Å². The summed E-state index contributed by atoms with van der Waals surface area (Å²) in [5, 5.41) is 3.06. The van der Waals surface area contributed by atoms with Crippen molar-refractivity contribution in [3.05, 3.63) is 54.4 Å². The fourth-order valence-electron chi connectivity index (χ4n) is 4.68. The number of carbonyl (C=O) groups is 2. The molecule has 2 saturated heterocycles.